The minimum absolute atomic E-state index is 0.716. The summed E-state index contributed by atoms with van der Waals surface area (Å²) in [4.78, 5) is 3.95. The SMILES string of the molecule is C=CC=NC(C)=C(C)Cl. The summed E-state index contributed by atoms with van der Waals surface area (Å²) < 4.78 is 0. The molecular weight excluding hydrogens is 134 g/mol. The molecule has 0 aliphatic rings. The Morgan fingerprint density at radius 1 is 1.56 bits per heavy atom. The number of rotatable bonds is 2. The summed E-state index contributed by atoms with van der Waals surface area (Å²) in [5, 5.41) is 0.716. The third-order valence-corrected chi connectivity index (χ3v) is 1.15. The second-order valence-corrected chi connectivity index (χ2v) is 2.20. The average molecular weight is 144 g/mol. The van der Waals surface area contributed by atoms with Crippen LogP contribution in [0.15, 0.2) is 28.4 Å². The predicted octanol–water partition coefficient (Wildman–Crippen LogP) is 2.73. The summed E-state index contributed by atoms with van der Waals surface area (Å²) >= 11 is 5.60. The van der Waals surface area contributed by atoms with Gasteiger partial charge in [-0.15, -0.1) is 0 Å². The van der Waals surface area contributed by atoms with Crippen LogP contribution in [0.2, 0.25) is 0 Å². The minimum atomic E-state index is 0.716. The number of hydrogen-bond donors (Lipinski definition) is 0. The van der Waals surface area contributed by atoms with Gasteiger partial charge in [-0.3, -0.25) is 4.99 Å². The van der Waals surface area contributed by atoms with Gasteiger partial charge in [0.05, 0.1) is 5.70 Å². The van der Waals surface area contributed by atoms with Crippen molar-refractivity contribution < 1.29 is 0 Å². The highest BCUT2D eigenvalue weighted by Crippen LogP contribution is 2.07. The molecule has 0 aliphatic carbocycles. The number of allylic oxidation sites excluding steroid dienone is 3. The summed E-state index contributed by atoms with van der Waals surface area (Å²) in [5.74, 6) is 0. The lowest BCUT2D eigenvalue weighted by molar-refractivity contribution is 1.28. The van der Waals surface area contributed by atoms with Gasteiger partial charge in [-0.25, -0.2) is 0 Å². The topological polar surface area (TPSA) is 12.4 Å². The molecule has 0 atom stereocenters. The van der Waals surface area contributed by atoms with E-state index in [9.17, 15) is 0 Å². The van der Waals surface area contributed by atoms with Crippen molar-refractivity contribution in [3.8, 4) is 0 Å². The van der Waals surface area contributed by atoms with Crippen molar-refractivity contribution in [1.29, 1.82) is 0 Å². The molecule has 0 bridgehead atoms. The van der Waals surface area contributed by atoms with E-state index in [0.29, 0.717) is 5.03 Å². The second kappa shape index (κ2) is 4.33. The van der Waals surface area contributed by atoms with Gasteiger partial charge in [-0.2, -0.15) is 0 Å². The van der Waals surface area contributed by atoms with Crippen LogP contribution in [0.4, 0.5) is 0 Å². The molecule has 0 spiro atoms. The van der Waals surface area contributed by atoms with E-state index in [1.165, 1.54) is 0 Å². The van der Waals surface area contributed by atoms with Crippen molar-refractivity contribution in [1.82, 2.24) is 0 Å². The highest BCUT2D eigenvalue weighted by Gasteiger charge is 1.85. The molecule has 0 aliphatic heterocycles. The van der Waals surface area contributed by atoms with Gasteiger partial charge in [0.1, 0.15) is 0 Å². The van der Waals surface area contributed by atoms with E-state index in [2.05, 4.69) is 11.6 Å². The summed E-state index contributed by atoms with van der Waals surface area (Å²) in [7, 11) is 0. The maximum absolute atomic E-state index is 5.60. The first-order chi connectivity index (χ1) is 4.18. The third-order valence-electron chi connectivity index (χ3n) is 0.872. The summed E-state index contributed by atoms with van der Waals surface area (Å²) in [5.41, 5.74) is 0.830. The van der Waals surface area contributed by atoms with Crippen LogP contribution in [0.1, 0.15) is 13.8 Å². The largest absolute Gasteiger partial charge is 0.260 e. The Bertz CT molecular complexity index is 152. The van der Waals surface area contributed by atoms with Gasteiger partial charge in [0, 0.05) is 11.2 Å². The lowest BCUT2D eigenvalue weighted by Crippen LogP contribution is -1.71. The monoisotopic (exact) mass is 143 g/mol. The van der Waals surface area contributed by atoms with Gasteiger partial charge in [0.15, 0.2) is 0 Å². The van der Waals surface area contributed by atoms with Crippen LogP contribution < -0.4 is 0 Å². The Labute approximate surface area is 60.7 Å². The van der Waals surface area contributed by atoms with Crippen molar-refractivity contribution in [3.05, 3.63) is 23.4 Å². The van der Waals surface area contributed by atoms with Crippen molar-refractivity contribution in [2.45, 2.75) is 13.8 Å². The molecule has 2 heteroatoms. The molecule has 0 aromatic heterocycles. The van der Waals surface area contributed by atoms with Crippen molar-refractivity contribution in [3.63, 3.8) is 0 Å². The number of hydrogen-bond acceptors (Lipinski definition) is 1. The Balaban J connectivity index is 4.06. The minimum Gasteiger partial charge on any atom is -0.260 e. The molecule has 50 valence electrons. The van der Waals surface area contributed by atoms with Crippen molar-refractivity contribution in [2.24, 2.45) is 4.99 Å². The van der Waals surface area contributed by atoms with Gasteiger partial charge in [0.25, 0.3) is 0 Å². The number of halogens is 1. The van der Waals surface area contributed by atoms with E-state index in [-0.39, 0.29) is 0 Å². The predicted molar refractivity (Wildman–Crippen MR) is 42.9 cm³/mol. The molecule has 0 fully saturated rings. The fourth-order valence-electron chi connectivity index (χ4n) is 0.253. The van der Waals surface area contributed by atoms with Crippen LogP contribution in [0.3, 0.4) is 0 Å². The first-order valence-electron chi connectivity index (χ1n) is 2.66. The van der Waals surface area contributed by atoms with E-state index in [1.54, 1.807) is 19.2 Å². The standard InChI is InChI=1S/C7H10ClN/c1-4-5-9-7(3)6(2)8/h4-5H,1H2,2-3H3. The number of nitrogens with zero attached hydrogens (tertiary/aromatic N) is 1. The normalized spacial score (nSPS) is 13.7. The number of aliphatic imine (C=N–C) groups is 1. The van der Waals surface area contributed by atoms with Crippen LogP contribution in [0.25, 0.3) is 0 Å². The molecule has 0 amide bonds. The fourth-order valence-corrected chi connectivity index (χ4v) is 0.302. The van der Waals surface area contributed by atoms with Crippen LogP contribution in [-0.4, -0.2) is 6.21 Å². The molecule has 9 heavy (non-hydrogen) atoms. The Morgan fingerprint density at radius 2 is 2.11 bits per heavy atom. The van der Waals surface area contributed by atoms with E-state index < -0.39 is 0 Å². The van der Waals surface area contributed by atoms with Crippen LogP contribution in [0, 0.1) is 0 Å². The molecule has 1 nitrogen and oxygen atoms in total. The van der Waals surface area contributed by atoms with Crippen LogP contribution >= 0.6 is 11.6 Å². The third kappa shape index (κ3) is 3.98. The molecule has 0 radical (unpaired) electrons. The quantitative estimate of drug-likeness (QED) is 0.527. The lowest BCUT2D eigenvalue weighted by Gasteiger charge is -1.89. The van der Waals surface area contributed by atoms with Gasteiger partial charge < -0.3 is 0 Å². The maximum Gasteiger partial charge on any atom is 0.0514 e. The highest BCUT2D eigenvalue weighted by atomic mass is 35.5. The Morgan fingerprint density at radius 3 is 2.44 bits per heavy atom. The molecule has 0 rings (SSSR count). The van der Waals surface area contributed by atoms with Gasteiger partial charge in [-0.05, 0) is 13.8 Å². The van der Waals surface area contributed by atoms with E-state index in [0.717, 1.165) is 5.70 Å². The van der Waals surface area contributed by atoms with Crippen LogP contribution in [0.5, 0.6) is 0 Å². The molecule has 0 unspecified atom stereocenters. The van der Waals surface area contributed by atoms with Gasteiger partial charge in [-0.1, -0.05) is 24.3 Å². The molecule has 0 saturated heterocycles. The van der Waals surface area contributed by atoms with Gasteiger partial charge >= 0.3 is 0 Å². The second-order valence-electron chi connectivity index (χ2n) is 1.63. The zero-order valence-electron chi connectivity index (χ0n) is 5.69. The fraction of sp³-hybridized carbons (Fsp3) is 0.286. The van der Waals surface area contributed by atoms with E-state index >= 15 is 0 Å². The average Bonchev–Trinajstić information content (AvgIpc) is 1.82. The van der Waals surface area contributed by atoms with Crippen LogP contribution in [-0.2, 0) is 0 Å². The molecule has 0 aromatic rings. The Hall–Kier alpha value is -0.560. The lowest BCUT2D eigenvalue weighted by atomic mass is 10.5. The van der Waals surface area contributed by atoms with E-state index in [4.69, 9.17) is 11.6 Å². The smallest absolute Gasteiger partial charge is 0.0514 e. The Kier molecular flexibility index (Phi) is 4.06. The van der Waals surface area contributed by atoms with E-state index in [1.807, 2.05) is 6.92 Å². The highest BCUT2D eigenvalue weighted by molar-refractivity contribution is 6.29. The molecular formula is C7H10ClN. The first kappa shape index (κ1) is 8.44. The summed E-state index contributed by atoms with van der Waals surface area (Å²) in [6.07, 6.45) is 3.23. The molecule has 0 N–H and O–H groups in total. The zero-order chi connectivity index (χ0) is 7.28. The van der Waals surface area contributed by atoms with Crippen molar-refractivity contribution in [2.75, 3.05) is 0 Å². The van der Waals surface area contributed by atoms with Gasteiger partial charge in [0.2, 0.25) is 0 Å². The molecule has 0 aromatic carbocycles. The first-order valence-corrected chi connectivity index (χ1v) is 3.04. The maximum atomic E-state index is 5.60. The molecule has 0 heterocycles. The summed E-state index contributed by atoms with van der Waals surface area (Å²) in [6.45, 7) is 7.13. The molecule has 0 saturated carbocycles. The zero-order valence-corrected chi connectivity index (χ0v) is 6.44. The summed E-state index contributed by atoms with van der Waals surface area (Å²) in [6, 6.07) is 0. The van der Waals surface area contributed by atoms with Crippen molar-refractivity contribution >= 4 is 17.8 Å².